The summed E-state index contributed by atoms with van der Waals surface area (Å²) >= 11 is 0. The lowest BCUT2D eigenvalue weighted by Crippen LogP contribution is -2.30. The minimum atomic E-state index is -0.778. The number of carbonyl (C=O) groups is 3. The Morgan fingerprint density at radius 1 is 0.288 bits per heavy atom. The fourth-order valence-electron chi connectivity index (χ4n) is 8.54. The molecular formula is C67H114O6. The van der Waals surface area contributed by atoms with Crippen LogP contribution < -0.4 is 0 Å². The van der Waals surface area contributed by atoms with Crippen LogP contribution in [0, 0.1) is 0 Å². The highest BCUT2D eigenvalue weighted by molar-refractivity contribution is 5.71. The smallest absolute Gasteiger partial charge is 0.306 e. The number of hydrogen-bond donors (Lipinski definition) is 0. The Hall–Kier alpha value is -3.67. The van der Waals surface area contributed by atoms with Crippen molar-refractivity contribution < 1.29 is 28.6 Å². The van der Waals surface area contributed by atoms with Gasteiger partial charge in [-0.2, -0.15) is 0 Å². The number of unbranched alkanes of at least 4 members (excludes halogenated alkanes) is 28. The Bertz CT molecular complexity index is 1440. The van der Waals surface area contributed by atoms with Gasteiger partial charge in [0, 0.05) is 19.3 Å². The molecule has 0 fully saturated rings. The first kappa shape index (κ1) is 69.3. The molecule has 1 unspecified atom stereocenters. The maximum absolute atomic E-state index is 12.8. The maximum atomic E-state index is 12.8. The topological polar surface area (TPSA) is 78.9 Å². The van der Waals surface area contributed by atoms with Crippen LogP contribution in [0.5, 0.6) is 0 Å². The van der Waals surface area contributed by atoms with Crippen LogP contribution in [0.15, 0.2) is 97.2 Å². The predicted molar refractivity (Wildman–Crippen MR) is 316 cm³/mol. The molecule has 0 radical (unpaired) electrons. The molecule has 0 spiro atoms. The lowest BCUT2D eigenvalue weighted by Gasteiger charge is -2.18. The summed E-state index contributed by atoms with van der Waals surface area (Å²) in [7, 11) is 0. The largest absolute Gasteiger partial charge is 0.462 e. The van der Waals surface area contributed by atoms with Crippen LogP contribution in [-0.2, 0) is 28.6 Å². The van der Waals surface area contributed by atoms with Gasteiger partial charge in [0.25, 0.3) is 0 Å². The molecule has 0 aliphatic rings. The average Bonchev–Trinajstić information content (AvgIpc) is 3.39. The fraction of sp³-hybridized carbons (Fsp3) is 0.716. The van der Waals surface area contributed by atoms with Crippen molar-refractivity contribution in [2.24, 2.45) is 0 Å². The van der Waals surface area contributed by atoms with Crippen LogP contribution in [0.25, 0.3) is 0 Å². The SMILES string of the molecule is CC/C=C\C/C=C\C/C=C\C/C=C\CCCCCCCCCCCCCCCCCCC(=O)OCC(COC(=O)CCCCCCC)OC(=O)CCCCCCCCCC/C=C\C/C=C\C/C=C\C/C=C\CC. The lowest BCUT2D eigenvalue weighted by molar-refractivity contribution is -0.167. The highest BCUT2D eigenvalue weighted by atomic mass is 16.6. The van der Waals surface area contributed by atoms with E-state index in [0.717, 1.165) is 122 Å². The number of ether oxygens (including phenoxy) is 3. The maximum Gasteiger partial charge on any atom is 0.306 e. The van der Waals surface area contributed by atoms with Gasteiger partial charge in [-0.1, -0.05) is 272 Å². The van der Waals surface area contributed by atoms with Gasteiger partial charge in [-0.25, -0.2) is 0 Å². The van der Waals surface area contributed by atoms with Gasteiger partial charge >= 0.3 is 17.9 Å². The van der Waals surface area contributed by atoms with E-state index in [-0.39, 0.29) is 31.1 Å². The van der Waals surface area contributed by atoms with Crippen molar-refractivity contribution in [3.63, 3.8) is 0 Å². The van der Waals surface area contributed by atoms with Crippen molar-refractivity contribution in [1.29, 1.82) is 0 Å². The third-order valence-corrected chi connectivity index (χ3v) is 13.1. The summed E-state index contributed by atoms with van der Waals surface area (Å²) in [6.07, 6.45) is 81.7. The second-order valence-corrected chi connectivity index (χ2v) is 20.2. The van der Waals surface area contributed by atoms with E-state index >= 15 is 0 Å². The van der Waals surface area contributed by atoms with E-state index in [0.29, 0.717) is 19.3 Å². The number of esters is 3. The summed E-state index contributed by atoms with van der Waals surface area (Å²) in [6.45, 7) is 6.34. The van der Waals surface area contributed by atoms with Crippen molar-refractivity contribution in [1.82, 2.24) is 0 Å². The zero-order chi connectivity index (χ0) is 52.9. The summed E-state index contributed by atoms with van der Waals surface area (Å²) in [5.74, 6) is -0.894. The molecule has 0 N–H and O–H groups in total. The second-order valence-electron chi connectivity index (χ2n) is 20.2. The molecule has 6 heteroatoms. The summed E-state index contributed by atoms with van der Waals surface area (Å²) < 4.78 is 16.8. The number of hydrogen-bond acceptors (Lipinski definition) is 6. The summed E-state index contributed by atoms with van der Waals surface area (Å²) in [5, 5.41) is 0. The molecule has 1 atom stereocenters. The minimum Gasteiger partial charge on any atom is -0.462 e. The van der Waals surface area contributed by atoms with Gasteiger partial charge in [0.2, 0.25) is 0 Å². The van der Waals surface area contributed by atoms with Gasteiger partial charge in [-0.15, -0.1) is 0 Å². The van der Waals surface area contributed by atoms with E-state index in [1.165, 1.54) is 128 Å². The molecule has 6 nitrogen and oxygen atoms in total. The molecule has 0 aromatic carbocycles. The summed E-state index contributed by atoms with van der Waals surface area (Å²) in [5.41, 5.74) is 0. The van der Waals surface area contributed by atoms with Gasteiger partial charge in [0.05, 0.1) is 0 Å². The number of carbonyl (C=O) groups excluding carboxylic acids is 3. The summed E-state index contributed by atoms with van der Waals surface area (Å²) in [6, 6.07) is 0. The van der Waals surface area contributed by atoms with Crippen molar-refractivity contribution in [3.05, 3.63) is 97.2 Å². The third-order valence-electron chi connectivity index (χ3n) is 13.1. The summed E-state index contributed by atoms with van der Waals surface area (Å²) in [4.78, 5) is 37.9. The van der Waals surface area contributed by atoms with Crippen molar-refractivity contribution in [2.45, 2.75) is 297 Å². The van der Waals surface area contributed by atoms with E-state index in [2.05, 4.69) is 118 Å². The quantitative estimate of drug-likeness (QED) is 0.0261. The monoisotopic (exact) mass is 1010 g/mol. The van der Waals surface area contributed by atoms with Crippen LogP contribution in [0.4, 0.5) is 0 Å². The fourth-order valence-corrected chi connectivity index (χ4v) is 8.54. The predicted octanol–water partition coefficient (Wildman–Crippen LogP) is 20.9. The van der Waals surface area contributed by atoms with Gasteiger partial charge in [-0.3, -0.25) is 14.4 Å². The minimum absolute atomic E-state index is 0.0790. The Labute approximate surface area is 451 Å². The molecular weight excluding hydrogens is 901 g/mol. The first-order chi connectivity index (χ1) is 36.0. The van der Waals surface area contributed by atoms with Crippen molar-refractivity contribution in [3.8, 4) is 0 Å². The van der Waals surface area contributed by atoms with Gasteiger partial charge in [-0.05, 0) is 96.3 Å². The van der Waals surface area contributed by atoms with Crippen molar-refractivity contribution in [2.75, 3.05) is 13.2 Å². The zero-order valence-corrected chi connectivity index (χ0v) is 47.9. The normalized spacial score (nSPS) is 12.8. The standard InChI is InChI=1S/C67H114O6/c1-4-7-10-13-15-17-19-21-23-25-27-29-30-31-32-33-34-35-36-38-39-41-43-45-47-49-51-54-57-60-66(69)72-63-64(62-71-65(68)59-56-53-12-9-6-3)73-67(70)61-58-55-52-50-48-46-44-42-40-37-28-26-24-22-20-18-16-14-11-8-5-2/h7-8,10-11,15-18,21-24,27-29,37,64H,4-6,9,12-14,19-20,25-26,30-36,38-63H2,1-3H3/b10-7-,11-8-,17-15-,18-16-,23-21-,24-22-,29-27-,37-28-. The molecule has 73 heavy (non-hydrogen) atoms. The zero-order valence-electron chi connectivity index (χ0n) is 47.9. The molecule has 0 aromatic heterocycles. The Balaban J connectivity index is 4.03. The third kappa shape index (κ3) is 59.1. The van der Waals surface area contributed by atoms with E-state index in [4.69, 9.17) is 14.2 Å². The molecule has 0 heterocycles. The molecule has 0 aliphatic carbocycles. The molecule has 0 aromatic rings. The number of rotatable bonds is 55. The van der Waals surface area contributed by atoms with Crippen LogP contribution >= 0.6 is 0 Å². The molecule has 0 bridgehead atoms. The van der Waals surface area contributed by atoms with Crippen LogP contribution in [0.1, 0.15) is 290 Å². The second kappa shape index (κ2) is 60.9. The van der Waals surface area contributed by atoms with Gasteiger partial charge in [0.15, 0.2) is 6.10 Å². The molecule has 0 aliphatic heterocycles. The van der Waals surface area contributed by atoms with Crippen molar-refractivity contribution >= 4 is 17.9 Å². The van der Waals surface area contributed by atoms with E-state index in [1.807, 2.05) is 0 Å². The molecule has 0 saturated carbocycles. The lowest BCUT2D eigenvalue weighted by atomic mass is 10.0. The highest BCUT2D eigenvalue weighted by Gasteiger charge is 2.19. The molecule has 0 rings (SSSR count). The molecule has 0 amide bonds. The molecule has 0 saturated heterocycles. The Morgan fingerprint density at radius 2 is 0.534 bits per heavy atom. The van der Waals surface area contributed by atoms with Crippen LogP contribution in [0.2, 0.25) is 0 Å². The van der Waals surface area contributed by atoms with Gasteiger partial charge in [0.1, 0.15) is 13.2 Å². The Morgan fingerprint density at radius 3 is 0.836 bits per heavy atom. The first-order valence-corrected chi connectivity index (χ1v) is 30.7. The molecule has 418 valence electrons. The average molecular weight is 1020 g/mol. The Kier molecular flexibility index (Phi) is 57.8. The van der Waals surface area contributed by atoms with E-state index in [9.17, 15) is 14.4 Å². The number of allylic oxidation sites excluding steroid dienone is 16. The van der Waals surface area contributed by atoms with Crippen LogP contribution in [0.3, 0.4) is 0 Å². The highest BCUT2D eigenvalue weighted by Crippen LogP contribution is 2.16. The van der Waals surface area contributed by atoms with Crippen LogP contribution in [-0.4, -0.2) is 37.2 Å². The van der Waals surface area contributed by atoms with E-state index < -0.39 is 6.10 Å². The van der Waals surface area contributed by atoms with Gasteiger partial charge < -0.3 is 14.2 Å². The first-order valence-electron chi connectivity index (χ1n) is 30.7. The van der Waals surface area contributed by atoms with E-state index in [1.54, 1.807) is 0 Å².